The highest BCUT2D eigenvalue weighted by atomic mass is 35.5. The number of ketones is 1. The summed E-state index contributed by atoms with van der Waals surface area (Å²) in [5.41, 5.74) is 2.72. The lowest BCUT2D eigenvalue weighted by Gasteiger charge is -2.13. The average molecular weight is 502 g/mol. The molecule has 0 bridgehead atoms. The number of carbonyl (C=O) groups excluding carboxylic acids is 1. The highest BCUT2D eigenvalue weighted by molar-refractivity contribution is 6.39. The lowest BCUT2D eigenvalue weighted by Crippen LogP contribution is -2.06. The highest BCUT2D eigenvalue weighted by Gasteiger charge is 2.17. The van der Waals surface area contributed by atoms with Gasteiger partial charge in [0.15, 0.2) is 5.78 Å². The van der Waals surface area contributed by atoms with E-state index in [0.29, 0.717) is 17.2 Å². The summed E-state index contributed by atoms with van der Waals surface area (Å²) in [5.74, 6) is 0.0724. The zero-order chi connectivity index (χ0) is 24.8. The molecule has 0 saturated heterocycles. The number of para-hydroxylation sites is 1. The molecule has 176 valence electrons. The Kier molecular flexibility index (Phi) is 8.26. The number of aryl methyl sites for hydroxylation is 1. The third-order valence-corrected chi connectivity index (χ3v) is 5.77. The minimum atomic E-state index is -0.654. The zero-order valence-electron chi connectivity index (χ0n) is 18.8. The van der Waals surface area contributed by atoms with Crippen molar-refractivity contribution < 1.29 is 18.7 Å². The third kappa shape index (κ3) is 5.55. The summed E-state index contributed by atoms with van der Waals surface area (Å²) in [4.78, 5) is 20.2. The third-order valence-electron chi connectivity index (χ3n) is 4.99. The molecule has 1 heterocycles. The van der Waals surface area contributed by atoms with Crippen LogP contribution in [0.5, 0.6) is 11.5 Å². The van der Waals surface area contributed by atoms with Gasteiger partial charge in [0, 0.05) is 41.7 Å². The molecule has 0 radical (unpaired) electrons. The van der Waals surface area contributed by atoms with E-state index in [9.17, 15) is 4.79 Å². The highest BCUT2D eigenvalue weighted by Crippen LogP contribution is 2.42. The minimum absolute atomic E-state index is 0.108. The van der Waals surface area contributed by atoms with Crippen molar-refractivity contribution in [2.75, 3.05) is 19.5 Å². The SMILES string of the molecule is C=CC(=O)Cc1cccc(C)c1Nc1ncc(/C(F)=C/c2c(Cl)c(OC)cc(OC)c2Cl)cn1. The van der Waals surface area contributed by atoms with Crippen molar-refractivity contribution in [3.8, 4) is 11.5 Å². The number of rotatable bonds is 9. The number of nitrogens with one attached hydrogen (secondary N) is 1. The van der Waals surface area contributed by atoms with Crippen LogP contribution in [0.25, 0.3) is 11.9 Å². The smallest absolute Gasteiger partial charge is 0.227 e. The molecule has 0 aliphatic rings. The standard InChI is InChI=1S/C25H22Cl2FN3O3/c1-5-17(32)9-15-8-6-7-14(2)24(15)31-25-29-12-16(13-30-25)19(28)10-18-22(26)20(33-3)11-21(34-4)23(18)27/h5-8,10-13H,1,9H2,2-4H3,(H,29,30,31)/b19-10-. The maximum Gasteiger partial charge on any atom is 0.227 e. The van der Waals surface area contributed by atoms with Gasteiger partial charge in [-0.15, -0.1) is 0 Å². The summed E-state index contributed by atoms with van der Waals surface area (Å²) >= 11 is 12.6. The molecule has 1 N–H and O–H groups in total. The number of halogens is 3. The number of methoxy groups -OCH3 is 2. The Bertz CT molecular complexity index is 1230. The molecule has 0 aliphatic carbocycles. The molecule has 2 aromatic carbocycles. The van der Waals surface area contributed by atoms with Crippen molar-refractivity contribution >= 4 is 52.5 Å². The van der Waals surface area contributed by atoms with Crippen LogP contribution in [0, 0.1) is 6.92 Å². The van der Waals surface area contributed by atoms with E-state index < -0.39 is 5.83 Å². The normalized spacial score (nSPS) is 11.2. The molecule has 6 nitrogen and oxygen atoms in total. The maximum absolute atomic E-state index is 15.0. The van der Waals surface area contributed by atoms with Crippen molar-refractivity contribution in [2.24, 2.45) is 0 Å². The molecule has 0 fully saturated rings. The van der Waals surface area contributed by atoms with Crippen LogP contribution in [0.15, 0.2) is 49.3 Å². The fraction of sp³-hybridized carbons (Fsp3) is 0.160. The largest absolute Gasteiger partial charge is 0.495 e. The predicted octanol–water partition coefficient (Wildman–Crippen LogP) is 6.62. The summed E-state index contributed by atoms with van der Waals surface area (Å²) in [6, 6.07) is 7.12. The van der Waals surface area contributed by atoms with Crippen LogP contribution in [-0.2, 0) is 11.2 Å². The van der Waals surface area contributed by atoms with Crippen LogP contribution in [0.2, 0.25) is 10.0 Å². The molecule has 1 aromatic heterocycles. The van der Waals surface area contributed by atoms with E-state index in [4.69, 9.17) is 32.7 Å². The van der Waals surface area contributed by atoms with Gasteiger partial charge < -0.3 is 14.8 Å². The molecule has 3 rings (SSSR count). The number of benzene rings is 2. The quantitative estimate of drug-likeness (QED) is 0.332. The number of hydrogen-bond acceptors (Lipinski definition) is 6. The van der Waals surface area contributed by atoms with Crippen LogP contribution in [0.4, 0.5) is 16.0 Å². The molecular formula is C25H22Cl2FN3O3. The second kappa shape index (κ2) is 11.1. The van der Waals surface area contributed by atoms with Gasteiger partial charge in [0.1, 0.15) is 17.3 Å². The summed E-state index contributed by atoms with van der Waals surface area (Å²) in [6.45, 7) is 5.41. The summed E-state index contributed by atoms with van der Waals surface area (Å²) < 4.78 is 25.5. The van der Waals surface area contributed by atoms with Crippen molar-refractivity contribution in [3.63, 3.8) is 0 Å². The number of aromatic nitrogens is 2. The second-order valence-electron chi connectivity index (χ2n) is 7.19. The van der Waals surface area contributed by atoms with E-state index >= 15 is 4.39 Å². The van der Waals surface area contributed by atoms with Crippen molar-refractivity contribution in [2.45, 2.75) is 13.3 Å². The number of carbonyl (C=O) groups is 1. The van der Waals surface area contributed by atoms with E-state index in [1.807, 2.05) is 25.1 Å². The first-order valence-corrected chi connectivity index (χ1v) is 10.8. The van der Waals surface area contributed by atoms with Gasteiger partial charge in [0.2, 0.25) is 5.95 Å². The van der Waals surface area contributed by atoms with Crippen LogP contribution in [-0.4, -0.2) is 30.0 Å². The van der Waals surface area contributed by atoms with Crippen molar-refractivity contribution in [1.29, 1.82) is 0 Å². The second-order valence-corrected chi connectivity index (χ2v) is 7.95. The summed E-state index contributed by atoms with van der Waals surface area (Å²) in [5, 5.41) is 3.39. The van der Waals surface area contributed by atoms with E-state index in [-0.39, 0.29) is 39.3 Å². The molecule has 0 saturated carbocycles. The Morgan fingerprint density at radius 2 is 1.76 bits per heavy atom. The molecule has 0 spiro atoms. The van der Waals surface area contributed by atoms with Crippen molar-refractivity contribution in [3.05, 3.63) is 81.6 Å². The van der Waals surface area contributed by atoms with Crippen LogP contribution >= 0.6 is 23.2 Å². The number of allylic oxidation sites excluding steroid dienone is 1. The predicted molar refractivity (Wildman–Crippen MR) is 134 cm³/mol. The molecule has 0 aliphatic heterocycles. The van der Waals surface area contributed by atoms with E-state index in [0.717, 1.165) is 11.1 Å². The fourth-order valence-electron chi connectivity index (χ4n) is 3.18. The first kappa shape index (κ1) is 25.2. The lowest BCUT2D eigenvalue weighted by atomic mass is 10.0. The molecule has 0 amide bonds. The van der Waals surface area contributed by atoms with Crippen molar-refractivity contribution in [1.82, 2.24) is 9.97 Å². The van der Waals surface area contributed by atoms with E-state index in [1.165, 1.54) is 44.8 Å². The van der Waals surface area contributed by atoms with Crippen LogP contribution < -0.4 is 14.8 Å². The topological polar surface area (TPSA) is 73.3 Å². The maximum atomic E-state index is 15.0. The minimum Gasteiger partial charge on any atom is -0.495 e. The molecule has 0 unspecified atom stereocenters. The van der Waals surface area contributed by atoms with Gasteiger partial charge in [-0.1, -0.05) is 48.0 Å². The first-order chi connectivity index (χ1) is 16.3. The van der Waals surface area contributed by atoms with Gasteiger partial charge in [0.05, 0.1) is 24.3 Å². The molecule has 34 heavy (non-hydrogen) atoms. The van der Waals surface area contributed by atoms with Gasteiger partial charge in [-0.05, 0) is 30.2 Å². The average Bonchev–Trinajstić information content (AvgIpc) is 2.84. The zero-order valence-corrected chi connectivity index (χ0v) is 20.3. The van der Waals surface area contributed by atoms with Gasteiger partial charge in [-0.3, -0.25) is 4.79 Å². The number of nitrogens with zero attached hydrogens (tertiary/aromatic N) is 2. The van der Waals surface area contributed by atoms with Crippen LogP contribution in [0.3, 0.4) is 0 Å². The van der Waals surface area contributed by atoms with Gasteiger partial charge in [-0.25, -0.2) is 14.4 Å². The first-order valence-electron chi connectivity index (χ1n) is 10.1. The Morgan fingerprint density at radius 1 is 1.15 bits per heavy atom. The number of anilines is 2. The fourth-order valence-corrected chi connectivity index (χ4v) is 3.79. The van der Waals surface area contributed by atoms with Gasteiger partial charge >= 0.3 is 0 Å². The lowest BCUT2D eigenvalue weighted by molar-refractivity contribution is -0.114. The molecule has 3 aromatic rings. The monoisotopic (exact) mass is 501 g/mol. The number of hydrogen-bond donors (Lipinski definition) is 1. The Labute approximate surface area is 207 Å². The number of ether oxygens (including phenoxy) is 2. The Morgan fingerprint density at radius 3 is 2.32 bits per heavy atom. The van der Waals surface area contributed by atoms with E-state index in [2.05, 4.69) is 21.9 Å². The Hall–Kier alpha value is -3.42. The summed E-state index contributed by atoms with van der Waals surface area (Å²) in [7, 11) is 2.87. The van der Waals surface area contributed by atoms with Gasteiger partial charge in [0.25, 0.3) is 0 Å². The summed E-state index contributed by atoms with van der Waals surface area (Å²) in [6.07, 6.45) is 5.29. The van der Waals surface area contributed by atoms with Crippen LogP contribution in [0.1, 0.15) is 22.3 Å². The van der Waals surface area contributed by atoms with E-state index in [1.54, 1.807) is 0 Å². The molecule has 9 heteroatoms. The molecular weight excluding hydrogens is 480 g/mol. The Balaban J connectivity index is 1.90. The molecule has 0 atom stereocenters. The van der Waals surface area contributed by atoms with Gasteiger partial charge in [-0.2, -0.15) is 0 Å².